The van der Waals surface area contributed by atoms with Gasteiger partial charge in [0, 0.05) is 13.0 Å². The largest absolute Gasteiger partial charge is 0.458 e. The molecule has 1 N–H and O–H groups in total. The van der Waals surface area contributed by atoms with E-state index >= 15 is 0 Å². The van der Waals surface area contributed by atoms with Gasteiger partial charge in [0.2, 0.25) is 0 Å². The van der Waals surface area contributed by atoms with Gasteiger partial charge in [0.1, 0.15) is 12.9 Å². The SMILES string of the molecule is CC(C)=CCC/C(C)=C/COC(=O)c1ccccc1C(=O)NCCCCCCCCCCCC=O. The van der Waals surface area contributed by atoms with Crippen LogP contribution >= 0.6 is 0 Å². The van der Waals surface area contributed by atoms with Crippen LogP contribution < -0.4 is 5.32 Å². The van der Waals surface area contributed by atoms with Crippen molar-refractivity contribution >= 4 is 18.2 Å². The number of ether oxygens (including phenoxy) is 1. The predicted molar refractivity (Wildman–Crippen MR) is 144 cm³/mol. The molecule has 0 spiro atoms. The number of aldehydes is 1. The Hall–Kier alpha value is -2.69. The van der Waals surface area contributed by atoms with E-state index in [0.717, 1.165) is 51.2 Å². The second kappa shape index (κ2) is 19.6. The first-order valence-corrected chi connectivity index (χ1v) is 13.2. The van der Waals surface area contributed by atoms with Crippen LogP contribution in [0.5, 0.6) is 0 Å². The molecule has 0 aliphatic carbocycles. The number of carbonyl (C=O) groups is 3. The molecule has 0 bridgehead atoms. The molecule has 0 saturated heterocycles. The highest BCUT2D eigenvalue weighted by Crippen LogP contribution is 2.13. The lowest BCUT2D eigenvalue weighted by Gasteiger charge is -2.10. The lowest BCUT2D eigenvalue weighted by Crippen LogP contribution is -2.26. The minimum atomic E-state index is -0.477. The molecule has 1 rings (SSSR count). The first kappa shape index (κ1) is 30.3. The van der Waals surface area contributed by atoms with Crippen LogP contribution in [0, 0.1) is 0 Å². The fraction of sp³-hybridized carbons (Fsp3) is 0.567. The molecule has 1 aromatic rings. The zero-order valence-electron chi connectivity index (χ0n) is 22.1. The van der Waals surface area contributed by atoms with Gasteiger partial charge in [-0.15, -0.1) is 0 Å². The molecule has 0 atom stereocenters. The van der Waals surface area contributed by atoms with E-state index in [0.29, 0.717) is 24.1 Å². The molecule has 35 heavy (non-hydrogen) atoms. The zero-order chi connectivity index (χ0) is 25.7. The molecule has 1 amide bonds. The highest BCUT2D eigenvalue weighted by Gasteiger charge is 2.17. The molecular formula is C30H45NO4. The van der Waals surface area contributed by atoms with E-state index in [1.54, 1.807) is 24.3 Å². The van der Waals surface area contributed by atoms with Gasteiger partial charge < -0.3 is 14.8 Å². The Morgan fingerprint density at radius 1 is 0.800 bits per heavy atom. The number of hydrogen-bond acceptors (Lipinski definition) is 4. The monoisotopic (exact) mass is 483 g/mol. The molecule has 0 aromatic heterocycles. The van der Waals surface area contributed by atoms with Crippen LogP contribution in [0.15, 0.2) is 47.6 Å². The van der Waals surface area contributed by atoms with E-state index < -0.39 is 5.97 Å². The van der Waals surface area contributed by atoms with Crippen molar-refractivity contribution in [1.82, 2.24) is 5.32 Å². The third-order valence-corrected chi connectivity index (χ3v) is 5.91. The molecule has 194 valence electrons. The van der Waals surface area contributed by atoms with Gasteiger partial charge in [-0.25, -0.2) is 4.79 Å². The van der Waals surface area contributed by atoms with Gasteiger partial charge in [-0.1, -0.05) is 74.3 Å². The minimum Gasteiger partial charge on any atom is -0.458 e. The van der Waals surface area contributed by atoms with Crippen LogP contribution in [0.4, 0.5) is 0 Å². The highest BCUT2D eigenvalue weighted by atomic mass is 16.5. The number of rotatable bonds is 19. The smallest absolute Gasteiger partial charge is 0.339 e. The normalized spacial score (nSPS) is 11.1. The van der Waals surface area contributed by atoms with E-state index in [9.17, 15) is 14.4 Å². The summed E-state index contributed by atoms with van der Waals surface area (Å²) in [7, 11) is 0. The van der Waals surface area contributed by atoms with Crippen LogP contribution in [0.2, 0.25) is 0 Å². The number of nitrogens with one attached hydrogen (secondary N) is 1. The van der Waals surface area contributed by atoms with Gasteiger partial charge in [0.15, 0.2) is 0 Å². The number of esters is 1. The van der Waals surface area contributed by atoms with Gasteiger partial charge in [-0.05, 0) is 64.7 Å². The molecule has 0 unspecified atom stereocenters. The third-order valence-electron chi connectivity index (χ3n) is 5.91. The van der Waals surface area contributed by atoms with Crippen molar-refractivity contribution < 1.29 is 19.1 Å². The Labute approximate surface area is 212 Å². The summed E-state index contributed by atoms with van der Waals surface area (Å²) in [5.41, 5.74) is 3.13. The average Bonchev–Trinajstić information content (AvgIpc) is 2.84. The molecule has 0 radical (unpaired) electrons. The molecule has 1 aromatic carbocycles. The maximum absolute atomic E-state index is 12.6. The van der Waals surface area contributed by atoms with Gasteiger partial charge in [-0.2, -0.15) is 0 Å². The second-order valence-electron chi connectivity index (χ2n) is 9.41. The summed E-state index contributed by atoms with van der Waals surface area (Å²) >= 11 is 0. The summed E-state index contributed by atoms with van der Waals surface area (Å²) in [6.07, 6.45) is 17.9. The fourth-order valence-electron chi connectivity index (χ4n) is 3.77. The first-order chi connectivity index (χ1) is 17.0. The summed E-state index contributed by atoms with van der Waals surface area (Å²) in [5.74, 6) is -0.712. The summed E-state index contributed by atoms with van der Waals surface area (Å²) in [6.45, 7) is 7.00. The average molecular weight is 484 g/mol. The van der Waals surface area contributed by atoms with Gasteiger partial charge >= 0.3 is 5.97 Å². The fourth-order valence-corrected chi connectivity index (χ4v) is 3.77. The molecule has 0 aliphatic heterocycles. The van der Waals surface area contributed by atoms with Crippen molar-refractivity contribution in [3.63, 3.8) is 0 Å². The Bertz CT molecular complexity index is 821. The Morgan fingerprint density at radius 2 is 1.40 bits per heavy atom. The maximum atomic E-state index is 12.6. The van der Waals surface area contributed by atoms with Crippen molar-refractivity contribution in [3.8, 4) is 0 Å². The molecule has 0 aliphatic rings. The number of unbranched alkanes of at least 4 members (excludes halogenated alkanes) is 9. The minimum absolute atomic E-state index is 0.203. The summed E-state index contributed by atoms with van der Waals surface area (Å²) in [5, 5.41) is 2.94. The van der Waals surface area contributed by atoms with E-state index in [4.69, 9.17) is 4.74 Å². The molecule has 5 nitrogen and oxygen atoms in total. The van der Waals surface area contributed by atoms with Crippen LogP contribution in [-0.2, 0) is 9.53 Å². The van der Waals surface area contributed by atoms with E-state index in [1.807, 2.05) is 13.0 Å². The van der Waals surface area contributed by atoms with Crippen LogP contribution in [0.1, 0.15) is 119 Å². The van der Waals surface area contributed by atoms with Crippen LogP contribution in [0.25, 0.3) is 0 Å². The summed E-state index contributed by atoms with van der Waals surface area (Å²) < 4.78 is 5.41. The van der Waals surface area contributed by atoms with Crippen LogP contribution in [-0.4, -0.2) is 31.3 Å². The van der Waals surface area contributed by atoms with Gasteiger partial charge in [-0.3, -0.25) is 4.79 Å². The quantitative estimate of drug-likeness (QED) is 0.0965. The van der Waals surface area contributed by atoms with Crippen molar-refractivity contribution in [1.29, 1.82) is 0 Å². The third kappa shape index (κ3) is 15.0. The van der Waals surface area contributed by atoms with Gasteiger partial charge in [0.25, 0.3) is 5.91 Å². The van der Waals surface area contributed by atoms with Crippen LogP contribution in [0.3, 0.4) is 0 Å². The van der Waals surface area contributed by atoms with Crippen molar-refractivity contribution in [2.45, 2.75) is 97.8 Å². The van der Waals surface area contributed by atoms with Gasteiger partial charge in [0.05, 0.1) is 11.1 Å². The Kier molecular flexibility index (Phi) is 17.0. The number of allylic oxidation sites excluding steroid dienone is 3. The first-order valence-electron chi connectivity index (χ1n) is 13.2. The molecule has 0 heterocycles. The number of hydrogen-bond donors (Lipinski definition) is 1. The van der Waals surface area contributed by atoms with Crippen molar-refractivity contribution in [2.75, 3.05) is 13.2 Å². The van der Waals surface area contributed by atoms with Crippen molar-refractivity contribution in [2.24, 2.45) is 0 Å². The zero-order valence-corrected chi connectivity index (χ0v) is 22.1. The molecule has 5 heteroatoms. The summed E-state index contributed by atoms with van der Waals surface area (Å²) in [4.78, 5) is 35.5. The summed E-state index contributed by atoms with van der Waals surface area (Å²) in [6, 6.07) is 6.82. The highest BCUT2D eigenvalue weighted by molar-refractivity contribution is 6.05. The van der Waals surface area contributed by atoms with E-state index in [-0.39, 0.29) is 12.5 Å². The standard InChI is InChI=1S/C30H45NO4/c1-25(2)17-16-18-26(3)21-24-35-30(34)28-20-13-12-19-27(28)29(33)31-22-14-10-8-6-4-5-7-9-11-15-23-32/h12-13,17,19-21,23H,4-11,14-16,18,22,24H2,1-3H3,(H,31,33)/b26-21+. The maximum Gasteiger partial charge on any atom is 0.339 e. The second-order valence-corrected chi connectivity index (χ2v) is 9.41. The van der Waals surface area contributed by atoms with E-state index in [2.05, 4.69) is 25.2 Å². The topological polar surface area (TPSA) is 72.5 Å². The Balaban J connectivity index is 2.31. The Morgan fingerprint density at radius 3 is 2.03 bits per heavy atom. The van der Waals surface area contributed by atoms with E-state index in [1.165, 1.54) is 36.8 Å². The van der Waals surface area contributed by atoms with Crippen molar-refractivity contribution in [3.05, 3.63) is 58.7 Å². The number of benzene rings is 1. The number of amides is 1. The predicted octanol–water partition coefficient (Wildman–Crippen LogP) is 7.37. The molecule has 0 saturated carbocycles. The lowest BCUT2D eigenvalue weighted by molar-refractivity contribution is -0.107. The number of carbonyl (C=O) groups excluding carboxylic acids is 3. The lowest BCUT2D eigenvalue weighted by atomic mass is 10.1. The molecular weight excluding hydrogens is 438 g/mol. The molecule has 0 fully saturated rings.